The van der Waals surface area contributed by atoms with Crippen molar-refractivity contribution in [2.24, 2.45) is 10.8 Å². The Labute approximate surface area is 160 Å². The molecule has 0 fully saturated rings. The normalized spacial score (nSPS) is 12.3. The van der Waals surface area contributed by atoms with Gasteiger partial charge in [-0.2, -0.15) is 18.3 Å². The minimum atomic E-state index is -4.52. The Balaban J connectivity index is 1.99. The number of anilines is 1. The van der Waals surface area contributed by atoms with E-state index in [-0.39, 0.29) is 22.4 Å². The predicted octanol–water partition coefficient (Wildman–Crippen LogP) is 5.54. The summed E-state index contributed by atoms with van der Waals surface area (Å²) in [6.45, 7) is 0. The standard InChI is InChI=1S/C14H10Cl3F3N4S/c15-8-1-2-11(9(16)4-8)25-6-12(21)23-24-13-10(17)3-7(5-22-13)14(18,19)20/h1-5H,6H2,(H2,21,23)(H,22,24). The average Bonchev–Trinajstić information content (AvgIpc) is 2.52. The molecule has 25 heavy (non-hydrogen) atoms. The fourth-order valence-electron chi connectivity index (χ4n) is 1.58. The lowest BCUT2D eigenvalue weighted by Crippen LogP contribution is -2.17. The second kappa shape index (κ2) is 8.35. The highest BCUT2D eigenvalue weighted by Gasteiger charge is 2.31. The fraction of sp³-hybridized carbons (Fsp3) is 0.143. The Morgan fingerprint density at radius 2 is 1.92 bits per heavy atom. The molecule has 0 aliphatic rings. The Morgan fingerprint density at radius 1 is 1.20 bits per heavy atom. The summed E-state index contributed by atoms with van der Waals surface area (Å²) in [5.41, 5.74) is 7.23. The summed E-state index contributed by atoms with van der Waals surface area (Å²) >= 11 is 18.9. The average molecular weight is 430 g/mol. The molecule has 0 saturated carbocycles. The van der Waals surface area contributed by atoms with Crippen molar-refractivity contribution < 1.29 is 13.2 Å². The summed E-state index contributed by atoms with van der Waals surface area (Å²) in [6.07, 6.45) is -3.87. The van der Waals surface area contributed by atoms with E-state index in [0.29, 0.717) is 16.2 Å². The minimum absolute atomic E-state index is 0.0351. The highest BCUT2D eigenvalue weighted by Crippen LogP contribution is 2.32. The summed E-state index contributed by atoms with van der Waals surface area (Å²) in [6, 6.07) is 5.78. The maximum absolute atomic E-state index is 12.5. The van der Waals surface area contributed by atoms with Crippen LogP contribution in [0.15, 0.2) is 40.5 Å². The van der Waals surface area contributed by atoms with E-state index in [0.717, 1.165) is 11.0 Å². The number of aromatic nitrogens is 1. The van der Waals surface area contributed by atoms with Crippen molar-refractivity contribution in [1.82, 2.24) is 4.98 Å². The van der Waals surface area contributed by atoms with E-state index in [1.165, 1.54) is 11.8 Å². The minimum Gasteiger partial charge on any atom is -0.385 e. The number of benzene rings is 1. The summed E-state index contributed by atoms with van der Waals surface area (Å²) in [7, 11) is 0. The number of hydrogen-bond donors (Lipinski definition) is 2. The molecule has 0 aliphatic heterocycles. The van der Waals surface area contributed by atoms with E-state index in [1.54, 1.807) is 18.2 Å². The Morgan fingerprint density at radius 3 is 2.52 bits per heavy atom. The number of nitrogens with two attached hydrogens (primary N) is 1. The molecule has 0 unspecified atom stereocenters. The second-order valence-corrected chi connectivity index (χ2v) is 6.90. The third kappa shape index (κ3) is 5.85. The van der Waals surface area contributed by atoms with Gasteiger partial charge < -0.3 is 5.73 Å². The van der Waals surface area contributed by atoms with Gasteiger partial charge in [-0.25, -0.2) is 4.98 Å². The quantitative estimate of drug-likeness (QED) is 0.284. The van der Waals surface area contributed by atoms with Crippen LogP contribution in [-0.4, -0.2) is 16.6 Å². The molecule has 0 saturated heterocycles. The highest BCUT2D eigenvalue weighted by atomic mass is 35.5. The summed E-state index contributed by atoms with van der Waals surface area (Å²) in [5, 5.41) is 4.61. The summed E-state index contributed by atoms with van der Waals surface area (Å²) in [4.78, 5) is 4.35. The van der Waals surface area contributed by atoms with Gasteiger partial charge in [0.05, 0.1) is 21.4 Å². The van der Waals surface area contributed by atoms with Crippen molar-refractivity contribution in [3.8, 4) is 0 Å². The van der Waals surface area contributed by atoms with E-state index in [4.69, 9.17) is 40.5 Å². The number of halogens is 6. The molecule has 1 heterocycles. The van der Waals surface area contributed by atoms with Crippen LogP contribution in [0.4, 0.5) is 19.0 Å². The van der Waals surface area contributed by atoms with Gasteiger partial charge in [-0.1, -0.05) is 34.8 Å². The molecule has 1 aromatic heterocycles. The van der Waals surface area contributed by atoms with Gasteiger partial charge >= 0.3 is 6.18 Å². The molecular weight excluding hydrogens is 420 g/mol. The monoisotopic (exact) mass is 428 g/mol. The number of hydrazone groups is 1. The number of thioether (sulfide) groups is 1. The lowest BCUT2D eigenvalue weighted by molar-refractivity contribution is -0.137. The van der Waals surface area contributed by atoms with Crippen molar-refractivity contribution in [1.29, 1.82) is 0 Å². The number of amidine groups is 1. The SMILES string of the molecule is N/C(CSc1ccc(Cl)cc1Cl)=N\Nc1ncc(C(F)(F)F)cc1Cl. The number of nitrogens with one attached hydrogen (secondary N) is 1. The highest BCUT2D eigenvalue weighted by molar-refractivity contribution is 8.00. The smallest absolute Gasteiger partial charge is 0.385 e. The molecule has 0 spiro atoms. The molecule has 2 rings (SSSR count). The van der Waals surface area contributed by atoms with Crippen LogP contribution in [0, 0.1) is 0 Å². The zero-order valence-corrected chi connectivity index (χ0v) is 15.3. The van der Waals surface area contributed by atoms with Crippen molar-refractivity contribution in [2.45, 2.75) is 11.1 Å². The third-order valence-electron chi connectivity index (χ3n) is 2.74. The van der Waals surface area contributed by atoms with Gasteiger partial charge in [-0.05, 0) is 24.3 Å². The van der Waals surface area contributed by atoms with Crippen LogP contribution < -0.4 is 11.2 Å². The fourth-order valence-corrected chi connectivity index (χ4v) is 3.09. The molecule has 3 N–H and O–H groups in total. The van der Waals surface area contributed by atoms with Gasteiger partial charge in [-0.3, -0.25) is 5.43 Å². The van der Waals surface area contributed by atoms with Gasteiger partial charge in [0.25, 0.3) is 0 Å². The Kier molecular flexibility index (Phi) is 6.67. The number of pyridine rings is 1. The van der Waals surface area contributed by atoms with Gasteiger partial charge in [0.1, 0.15) is 5.84 Å². The van der Waals surface area contributed by atoms with Crippen molar-refractivity contribution in [3.63, 3.8) is 0 Å². The van der Waals surface area contributed by atoms with Crippen LogP contribution in [0.3, 0.4) is 0 Å². The molecule has 0 amide bonds. The van der Waals surface area contributed by atoms with Crippen molar-refractivity contribution in [3.05, 3.63) is 51.1 Å². The Hall–Kier alpha value is -1.35. The molecular formula is C14H10Cl3F3N4S. The van der Waals surface area contributed by atoms with E-state index in [1.807, 2.05) is 0 Å². The summed E-state index contributed by atoms with van der Waals surface area (Å²) in [5.74, 6) is 0.424. The molecule has 2 aromatic rings. The zero-order valence-electron chi connectivity index (χ0n) is 12.2. The first-order chi connectivity index (χ1) is 11.7. The van der Waals surface area contributed by atoms with Crippen LogP contribution in [0.1, 0.15) is 5.56 Å². The first-order valence-electron chi connectivity index (χ1n) is 6.55. The molecule has 0 bridgehead atoms. The van der Waals surface area contributed by atoms with Gasteiger partial charge in [0, 0.05) is 16.1 Å². The van der Waals surface area contributed by atoms with Crippen LogP contribution in [0.2, 0.25) is 15.1 Å². The van der Waals surface area contributed by atoms with Gasteiger partial charge in [-0.15, -0.1) is 11.8 Å². The van der Waals surface area contributed by atoms with Crippen molar-refractivity contribution >= 4 is 58.2 Å². The summed E-state index contributed by atoms with van der Waals surface area (Å²) < 4.78 is 37.6. The molecule has 0 radical (unpaired) electrons. The topological polar surface area (TPSA) is 63.3 Å². The predicted molar refractivity (Wildman–Crippen MR) is 96.7 cm³/mol. The van der Waals surface area contributed by atoms with Gasteiger partial charge in [0.2, 0.25) is 0 Å². The first-order valence-corrected chi connectivity index (χ1v) is 8.67. The number of rotatable bonds is 5. The maximum atomic E-state index is 12.5. The van der Waals surface area contributed by atoms with Crippen LogP contribution >= 0.6 is 46.6 Å². The number of alkyl halides is 3. The van der Waals surface area contributed by atoms with E-state index in [9.17, 15) is 13.2 Å². The third-order valence-corrected chi connectivity index (χ3v) is 4.80. The van der Waals surface area contributed by atoms with Crippen LogP contribution in [0.5, 0.6) is 0 Å². The Bertz CT molecular complexity index is 799. The largest absolute Gasteiger partial charge is 0.417 e. The number of hydrogen-bond acceptors (Lipinski definition) is 4. The van der Waals surface area contributed by atoms with Crippen molar-refractivity contribution in [2.75, 3.05) is 11.2 Å². The first kappa shape index (κ1) is 20.0. The lowest BCUT2D eigenvalue weighted by atomic mass is 10.3. The van der Waals surface area contributed by atoms with E-state index < -0.39 is 11.7 Å². The number of nitrogens with zero attached hydrogens (tertiary/aromatic N) is 2. The van der Waals surface area contributed by atoms with E-state index >= 15 is 0 Å². The lowest BCUT2D eigenvalue weighted by Gasteiger charge is -2.09. The molecule has 1 aromatic carbocycles. The van der Waals surface area contributed by atoms with Crippen LogP contribution in [-0.2, 0) is 6.18 Å². The molecule has 134 valence electrons. The molecule has 0 atom stereocenters. The van der Waals surface area contributed by atoms with E-state index in [2.05, 4.69) is 15.5 Å². The molecule has 11 heteroatoms. The molecule has 0 aliphatic carbocycles. The van der Waals surface area contributed by atoms with Gasteiger partial charge in [0.15, 0.2) is 5.82 Å². The van der Waals surface area contributed by atoms with Crippen LogP contribution in [0.25, 0.3) is 0 Å². The zero-order chi connectivity index (χ0) is 18.6. The molecule has 4 nitrogen and oxygen atoms in total. The second-order valence-electron chi connectivity index (χ2n) is 4.63. The maximum Gasteiger partial charge on any atom is 0.417 e.